The molecule has 1 aliphatic heterocycles. The van der Waals surface area contributed by atoms with Crippen molar-refractivity contribution >= 4 is 24.0 Å². The van der Waals surface area contributed by atoms with Crippen molar-refractivity contribution in [3.63, 3.8) is 0 Å². The van der Waals surface area contributed by atoms with E-state index in [1.54, 1.807) is 0 Å². The second-order valence-electron chi connectivity index (χ2n) is 4.24. The van der Waals surface area contributed by atoms with Crippen LogP contribution in [0.15, 0.2) is 0 Å². The molecule has 2 rings (SSSR count). The first-order valence-electron chi connectivity index (χ1n) is 5.93. The first-order valence-corrected chi connectivity index (χ1v) is 7.39. The van der Waals surface area contributed by atoms with Crippen LogP contribution >= 0.6 is 24.0 Å². The average Bonchev–Trinajstić information content (AvgIpc) is 2.33. The Bertz CT molecular complexity index is 420. The quantitative estimate of drug-likeness (QED) is 0.810. The predicted octanol–water partition coefficient (Wildman–Crippen LogP) is 3.97. The normalized spacial score (nSPS) is 21.0. The van der Waals surface area contributed by atoms with Gasteiger partial charge < -0.3 is 4.98 Å². The van der Waals surface area contributed by atoms with Crippen LogP contribution in [0, 0.1) is 11.6 Å². The summed E-state index contributed by atoms with van der Waals surface area (Å²) in [6, 6.07) is 0. The summed E-state index contributed by atoms with van der Waals surface area (Å²) in [7, 11) is 0. The Labute approximate surface area is 106 Å². The number of H-pyrrole nitrogens is 1. The summed E-state index contributed by atoms with van der Waals surface area (Å²) in [6.07, 6.45) is 4.89. The van der Waals surface area contributed by atoms with Crippen LogP contribution in [0.2, 0.25) is 0 Å². The molecule has 0 spiro atoms. The van der Waals surface area contributed by atoms with Crippen molar-refractivity contribution in [3.8, 4) is 0 Å². The summed E-state index contributed by atoms with van der Waals surface area (Å²) < 4.78 is 0.775. The van der Waals surface area contributed by atoms with Crippen molar-refractivity contribution in [2.75, 3.05) is 5.75 Å². The zero-order valence-corrected chi connectivity index (χ0v) is 11.5. The highest BCUT2D eigenvalue weighted by Crippen LogP contribution is 2.36. The Balaban J connectivity index is 2.33. The molecule has 2 heterocycles. The van der Waals surface area contributed by atoms with Gasteiger partial charge in [-0.25, -0.2) is 4.98 Å². The second kappa shape index (κ2) is 5.32. The van der Waals surface area contributed by atoms with Crippen LogP contribution < -0.4 is 0 Å². The minimum atomic E-state index is 0.529. The topological polar surface area (TPSA) is 28.7 Å². The van der Waals surface area contributed by atoms with Gasteiger partial charge in [0.05, 0.1) is 5.25 Å². The lowest BCUT2D eigenvalue weighted by Gasteiger charge is -2.21. The molecule has 88 valence electrons. The molecule has 1 aromatic rings. The highest BCUT2D eigenvalue weighted by molar-refractivity contribution is 7.99. The monoisotopic (exact) mass is 254 g/mol. The second-order valence-corrected chi connectivity index (χ2v) is 5.94. The molecule has 1 atom stereocenters. The first kappa shape index (κ1) is 12.1. The SMILES string of the molecule is CCc1[nH]c(C2CCCCS2)nc(=S)c1C. The largest absolute Gasteiger partial charge is 0.346 e. The van der Waals surface area contributed by atoms with E-state index < -0.39 is 0 Å². The molecule has 0 aliphatic carbocycles. The molecular formula is C12H18N2S2. The van der Waals surface area contributed by atoms with Gasteiger partial charge in [-0.15, -0.1) is 0 Å². The number of aromatic amines is 1. The van der Waals surface area contributed by atoms with Gasteiger partial charge in [0.1, 0.15) is 10.5 Å². The summed E-state index contributed by atoms with van der Waals surface area (Å²) in [5.41, 5.74) is 2.39. The molecule has 1 aliphatic rings. The Morgan fingerprint density at radius 1 is 1.50 bits per heavy atom. The molecule has 1 fully saturated rings. The van der Waals surface area contributed by atoms with Crippen LogP contribution in [0.25, 0.3) is 0 Å². The number of nitrogens with one attached hydrogen (secondary N) is 1. The predicted molar refractivity (Wildman–Crippen MR) is 72.6 cm³/mol. The van der Waals surface area contributed by atoms with E-state index in [1.165, 1.54) is 30.7 Å². The smallest absolute Gasteiger partial charge is 0.132 e. The van der Waals surface area contributed by atoms with Gasteiger partial charge in [0.15, 0.2) is 0 Å². The molecule has 0 saturated carbocycles. The highest BCUT2D eigenvalue weighted by Gasteiger charge is 2.18. The van der Waals surface area contributed by atoms with E-state index in [9.17, 15) is 0 Å². The van der Waals surface area contributed by atoms with Crippen molar-refractivity contribution in [1.29, 1.82) is 0 Å². The van der Waals surface area contributed by atoms with Crippen LogP contribution in [0.4, 0.5) is 0 Å². The summed E-state index contributed by atoms with van der Waals surface area (Å²) in [5.74, 6) is 2.35. The minimum Gasteiger partial charge on any atom is -0.346 e. The van der Waals surface area contributed by atoms with E-state index in [1.807, 2.05) is 11.8 Å². The molecule has 1 N–H and O–H groups in total. The highest BCUT2D eigenvalue weighted by atomic mass is 32.2. The number of aryl methyl sites for hydroxylation is 1. The molecule has 4 heteroatoms. The van der Waals surface area contributed by atoms with Crippen molar-refractivity contribution in [3.05, 3.63) is 21.7 Å². The fourth-order valence-electron chi connectivity index (χ4n) is 2.06. The van der Waals surface area contributed by atoms with Gasteiger partial charge in [-0.1, -0.05) is 25.6 Å². The Hall–Kier alpha value is -0.350. The van der Waals surface area contributed by atoms with Crippen LogP contribution in [0.3, 0.4) is 0 Å². The Morgan fingerprint density at radius 2 is 2.31 bits per heavy atom. The number of rotatable bonds is 2. The maximum atomic E-state index is 5.32. The number of aromatic nitrogens is 2. The third-order valence-electron chi connectivity index (χ3n) is 3.11. The standard InChI is InChI=1S/C12H18N2S2/c1-3-9-8(2)12(15)14-11(13-9)10-6-4-5-7-16-10/h10H,3-7H2,1-2H3,(H,13,14,15). The fourth-order valence-corrected chi connectivity index (χ4v) is 3.54. The lowest BCUT2D eigenvalue weighted by molar-refractivity contribution is 0.656. The molecular weight excluding hydrogens is 236 g/mol. The molecule has 16 heavy (non-hydrogen) atoms. The van der Waals surface area contributed by atoms with Gasteiger partial charge in [0.2, 0.25) is 0 Å². The first-order chi connectivity index (χ1) is 7.72. The van der Waals surface area contributed by atoms with Gasteiger partial charge in [-0.2, -0.15) is 11.8 Å². The van der Waals surface area contributed by atoms with E-state index in [0.29, 0.717) is 5.25 Å². The maximum Gasteiger partial charge on any atom is 0.132 e. The third-order valence-corrected chi connectivity index (χ3v) is 4.90. The average molecular weight is 254 g/mol. The van der Waals surface area contributed by atoms with E-state index in [2.05, 4.69) is 23.8 Å². The summed E-state index contributed by atoms with van der Waals surface area (Å²) in [4.78, 5) is 8.02. The molecule has 0 bridgehead atoms. The van der Waals surface area contributed by atoms with Crippen LogP contribution in [-0.4, -0.2) is 15.7 Å². The van der Waals surface area contributed by atoms with Crippen LogP contribution in [0.1, 0.15) is 48.5 Å². The van der Waals surface area contributed by atoms with Gasteiger partial charge in [-0.05, 0) is 31.9 Å². The van der Waals surface area contributed by atoms with E-state index >= 15 is 0 Å². The van der Waals surface area contributed by atoms with E-state index in [-0.39, 0.29) is 0 Å². The van der Waals surface area contributed by atoms with Crippen molar-refractivity contribution in [1.82, 2.24) is 9.97 Å². The van der Waals surface area contributed by atoms with Crippen LogP contribution in [0.5, 0.6) is 0 Å². The molecule has 1 aromatic heterocycles. The number of hydrogen-bond acceptors (Lipinski definition) is 3. The summed E-state index contributed by atoms with van der Waals surface area (Å²) >= 11 is 7.33. The lowest BCUT2D eigenvalue weighted by atomic mass is 10.1. The molecule has 0 aromatic carbocycles. The molecule has 0 radical (unpaired) electrons. The molecule has 1 unspecified atom stereocenters. The number of thioether (sulfide) groups is 1. The van der Waals surface area contributed by atoms with Crippen molar-refractivity contribution < 1.29 is 0 Å². The van der Waals surface area contributed by atoms with E-state index in [4.69, 9.17) is 12.2 Å². The number of nitrogens with zero attached hydrogens (tertiary/aromatic N) is 1. The molecule has 1 saturated heterocycles. The Kier molecular flexibility index (Phi) is 4.03. The number of hydrogen-bond donors (Lipinski definition) is 1. The van der Waals surface area contributed by atoms with Gasteiger partial charge >= 0.3 is 0 Å². The van der Waals surface area contributed by atoms with Gasteiger partial charge in [-0.3, -0.25) is 0 Å². The van der Waals surface area contributed by atoms with Crippen molar-refractivity contribution in [2.24, 2.45) is 0 Å². The Morgan fingerprint density at radius 3 is 2.94 bits per heavy atom. The van der Waals surface area contributed by atoms with Crippen LogP contribution in [-0.2, 0) is 6.42 Å². The zero-order chi connectivity index (χ0) is 11.5. The van der Waals surface area contributed by atoms with E-state index in [0.717, 1.165) is 22.4 Å². The molecule has 2 nitrogen and oxygen atoms in total. The molecule has 0 amide bonds. The fraction of sp³-hybridized carbons (Fsp3) is 0.667. The zero-order valence-electron chi connectivity index (χ0n) is 9.88. The van der Waals surface area contributed by atoms with Crippen molar-refractivity contribution in [2.45, 2.75) is 44.8 Å². The lowest BCUT2D eigenvalue weighted by Crippen LogP contribution is -2.09. The summed E-state index contributed by atoms with van der Waals surface area (Å²) in [5, 5.41) is 0.529. The van der Waals surface area contributed by atoms with Gasteiger partial charge in [0, 0.05) is 11.3 Å². The maximum absolute atomic E-state index is 5.32. The third kappa shape index (κ3) is 2.48. The summed E-state index contributed by atoms with van der Waals surface area (Å²) in [6.45, 7) is 4.22. The minimum absolute atomic E-state index is 0.529. The van der Waals surface area contributed by atoms with Gasteiger partial charge in [0.25, 0.3) is 0 Å².